The molecule has 0 aliphatic rings. The zero-order valence-corrected chi connectivity index (χ0v) is 19.5. The molecule has 2 N–H and O–H groups in total. The number of nitrogens with one attached hydrogen (secondary N) is 2. The molecule has 0 fully saturated rings. The number of rotatable bonds is 8. The van der Waals surface area contributed by atoms with Crippen molar-refractivity contribution in [1.29, 1.82) is 0 Å². The smallest absolute Gasteiger partial charge is 0.261 e. The fraction of sp³-hybridized carbons (Fsp3) is 0.130. The van der Waals surface area contributed by atoms with Gasteiger partial charge in [-0.1, -0.05) is 29.8 Å². The van der Waals surface area contributed by atoms with Crippen LogP contribution >= 0.6 is 11.6 Å². The minimum absolute atomic E-state index is 0.0793. The van der Waals surface area contributed by atoms with Gasteiger partial charge < -0.3 is 15.0 Å². The molecule has 3 aromatic carbocycles. The summed E-state index contributed by atoms with van der Waals surface area (Å²) in [5, 5.41) is 2.96. The molecule has 3 aromatic rings. The van der Waals surface area contributed by atoms with Crippen molar-refractivity contribution in [3.8, 4) is 5.75 Å². The summed E-state index contributed by atoms with van der Waals surface area (Å²) >= 11 is 6.03. The van der Waals surface area contributed by atoms with E-state index in [0.29, 0.717) is 11.4 Å². The van der Waals surface area contributed by atoms with Gasteiger partial charge in [-0.15, -0.1) is 0 Å². The lowest BCUT2D eigenvalue weighted by Gasteiger charge is -2.12. The normalized spacial score (nSPS) is 10.9. The minimum atomic E-state index is -3.95. The predicted octanol–water partition coefficient (Wildman–Crippen LogP) is 3.86. The highest BCUT2D eigenvalue weighted by atomic mass is 35.5. The summed E-state index contributed by atoms with van der Waals surface area (Å²) in [6.45, 7) is -0.0950. The fourth-order valence-electron chi connectivity index (χ4n) is 2.66. The topological polar surface area (TPSA) is 105 Å². The van der Waals surface area contributed by atoms with Crippen LogP contribution in [0.1, 0.15) is 10.4 Å². The molecule has 0 saturated heterocycles. The molecule has 0 radical (unpaired) electrons. The first-order valence-electron chi connectivity index (χ1n) is 9.77. The van der Waals surface area contributed by atoms with Crippen LogP contribution in [0.25, 0.3) is 0 Å². The van der Waals surface area contributed by atoms with Crippen LogP contribution in [0.3, 0.4) is 0 Å². The summed E-state index contributed by atoms with van der Waals surface area (Å²) < 4.78 is 33.3. The average Bonchev–Trinajstić information content (AvgIpc) is 2.79. The standard InChI is InChI=1S/C23H22ClN3O5S/c1-27(2)22(28)15-32-18-12-10-17(11-13-18)25-23(29)16-6-5-7-19(14-16)33(30,31)26-21-9-4-3-8-20(21)24/h3-14,26H,15H2,1-2H3,(H,25,29). The molecular formula is C23H22ClN3O5S. The number of amides is 2. The van der Waals surface area contributed by atoms with Crippen molar-refractivity contribution in [2.45, 2.75) is 4.90 Å². The van der Waals surface area contributed by atoms with Gasteiger partial charge in [-0.05, 0) is 54.6 Å². The van der Waals surface area contributed by atoms with Gasteiger partial charge in [0.1, 0.15) is 5.75 Å². The third kappa shape index (κ3) is 6.47. The van der Waals surface area contributed by atoms with E-state index in [4.69, 9.17) is 16.3 Å². The molecule has 3 rings (SSSR count). The Morgan fingerprint density at radius 2 is 1.67 bits per heavy atom. The summed E-state index contributed by atoms with van der Waals surface area (Å²) in [7, 11) is -0.679. The van der Waals surface area contributed by atoms with Crippen LogP contribution in [0.2, 0.25) is 5.02 Å². The predicted molar refractivity (Wildman–Crippen MR) is 127 cm³/mol. The lowest BCUT2D eigenvalue weighted by atomic mass is 10.2. The van der Waals surface area contributed by atoms with Crippen molar-refractivity contribution >= 4 is 44.8 Å². The van der Waals surface area contributed by atoms with E-state index in [9.17, 15) is 18.0 Å². The second kappa shape index (κ2) is 10.4. The molecule has 2 amide bonds. The van der Waals surface area contributed by atoms with Crippen molar-refractivity contribution in [3.63, 3.8) is 0 Å². The highest BCUT2D eigenvalue weighted by Gasteiger charge is 2.18. The molecule has 0 atom stereocenters. The van der Waals surface area contributed by atoms with Gasteiger partial charge in [0.25, 0.3) is 21.8 Å². The molecule has 0 aliphatic heterocycles. The number of benzene rings is 3. The Kier molecular flexibility index (Phi) is 7.57. The number of nitrogens with zero attached hydrogens (tertiary/aromatic N) is 1. The number of likely N-dealkylation sites (N-methyl/N-ethyl adjacent to an activating group) is 1. The largest absolute Gasteiger partial charge is 0.484 e. The van der Waals surface area contributed by atoms with Crippen LogP contribution in [0.4, 0.5) is 11.4 Å². The van der Waals surface area contributed by atoms with Gasteiger partial charge >= 0.3 is 0 Å². The Morgan fingerprint density at radius 3 is 2.33 bits per heavy atom. The number of sulfonamides is 1. The van der Waals surface area contributed by atoms with E-state index in [0.717, 1.165) is 0 Å². The van der Waals surface area contributed by atoms with Crippen LogP contribution in [-0.4, -0.2) is 45.8 Å². The quantitative estimate of drug-likeness (QED) is 0.502. The van der Waals surface area contributed by atoms with E-state index >= 15 is 0 Å². The molecule has 0 aromatic heterocycles. The number of anilines is 2. The van der Waals surface area contributed by atoms with Gasteiger partial charge in [0.2, 0.25) is 0 Å². The Morgan fingerprint density at radius 1 is 0.970 bits per heavy atom. The van der Waals surface area contributed by atoms with Crippen molar-refractivity contribution in [3.05, 3.63) is 83.4 Å². The first-order chi connectivity index (χ1) is 15.7. The van der Waals surface area contributed by atoms with E-state index in [-0.39, 0.29) is 33.7 Å². The van der Waals surface area contributed by atoms with Crippen molar-refractivity contribution in [2.75, 3.05) is 30.7 Å². The van der Waals surface area contributed by atoms with Crippen LogP contribution in [0.15, 0.2) is 77.7 Å². The van der Waals surface area contributed by atoms with Gasteiger partial charge in [0.15, 0.2) is 6.61 Å². The summed E-state index contributed by atoms with van der Waals surface area (Å²) in [6.07, 6.45) is 0. The Labute approximate surface area is 197 Å². The number of para-hydroxylation sites is 1. The lowest BCUT2D eigenvalue weighted by molar-refractivity contribution is -0.130. The second-order valence-corrected chi connectivity index (χ2v) is 9.26. The van der Waals surface area contributed by atoms with Crippen LogP contribution < -0.4 is 14.8 Å². The number of halogens is 1. The maximum atomic E-state index is 12.7. The first-order valence-corrected chi connectivity index (χ1v) is 11.6. The van der Waals surface area contributed by atoms with Crippen LogP contribution in [0.5, 0.6) is 5.75 Å². The van der Waals surface area contributed by atoms with E-state index in [1.165, 1.54) is 29.2 Å². The molecule has 0 bridgehead atoms. The lowest BCUT2D eigenvalue weighted by Crippen LogP contribution is -2.27. The zero-order valence-electron chi connectivity index (χ0n) is 17.9. The van der Waals surface area contributed by atoms with Gasteiger partial charge in [-0.25, -0.2) is 8.42 Å². The number of hydrogen-bond donors (Lipinski definition) is 2. The van der Waals surface area contributed by atoms with Crippen molar-refractivity contribution in [2.24, 2.45) is 0 Å². The Balaban J connectivity index is 1.68. The maximum Gasteiger partial charge on any atom is 0.261 e. The average molecular weight is 488 g/mol. The highest BCUT2D eigenvalue weighted by Crippen LogP contribution is 2.24. The fourth-order valence-corrected chi connectivity index (χ4v) is 4.03. The van der Waals surface area contributed by atoms with E-state index in [1.54, 1.807) is 62.6 Å². The van der Waals surface area contributed by atoms with E-state index in [2.05, 4.69) is 10.0 Å². The Bertz CT molecular complexity index is 1260. The zero-order chi connectivity index (χ0) is 24.0. The highest BCUT2D eigenvalue weighted by molar-refractivity contribution is 7.92. The third-order valence-electron chi connectivity index (χ3n) is 4.50. The summed E-state index contributed by atoms with van der Waals surface area (Å²) in [5.41, 5.74) is 0.881. The van der Waals surface area contributed by atoms with Gasteiger partial charge in [-0.3, -0.25) is 14.3 Å². The second-order valence-electron chi connectivity index (χ2n) is 7.17. The first kappa shape index (κ1) is 24.1. The number of ether oxygens (including phenoxy) is 1. The monoisotopic (exact) mass is 487 g/mol. The maximum absolute atomic E-state index is 12.7. The molecule has 0 unspecified atom stereocenters. The van der Waals surface area contributed by atoms with Gasteiger partial charge in [-0.2, -0.15) is 0 Å². The summed E-state index contributed by atoms with van der Waals surface area (Å²) in [6, 6.07) is 18.6. The summed E-state index contributed by atoms with van der Waals surface area (Å²) in [5.74, 6) is -0.186. The molecule has 33 heavy (non-hydrogen) atoms. The number of hydrogen-bond acceptors (Lipinski definition) is 5. The summed E-state index contributed by atoms with van der Waals surface area (Å²) in [4.78, 5) is 25.6. The minimum Gasteiger partial charge on any atom is -0.484 e. The van der Waals surface area contributed by atoms with E-state index < -0.39 is 15.9 Å². The number of carbonyl (C=O) groups excluding carboxylic acids is 2. The Hall–Kier alpha value is -3.56. The number of carbonyl (C=O) groups is 2. The molecule has 0 heterocycles. The molecule has 172 valence electrons. The van der Waals surface area contributed by atoms with Crippen LogP contribution in [-0.2, 0) is 14.8 Å². The van der Waals surface area contributed by atoms with Crippen molar-refractivity contribution in [1.82, 2.24) is 4.90 Å². The molecule has 8 nitrogen and oxygen atoms in total. The molecule has 0 spiro atoms. The molecule has 0 aliphatic carbocycles. The SMILES string of the molecule is CN(C)C(=O)COc1ccc(NC(=O)c2cccc(S(=O)(=O)Nc3ccccc3Cl)c2)cc1. The molecule has 0 saturated carbocycles. The third-order valence-corrected chi connectivity index (χ3v) is 6.19. The van der Waals surface area contributed by atoms with E-state index in [1.807, 2.05) is 0 Å². The molecular weight excluding hydrogens is 466 g/mol. The van der Waals surface area contributed by atoms with Gasteiger partial charge in [0, 0.05) is 25.3 Å². The van der Waals surface area contributed by atoms with Crippen LogP contribution in [0, 0.1) is 0 Å². The van der Waals surface area contributed by atoms with Crippen molar-refractivity contribution < 1.29 is 22.7 Å². The molecule has 10 heteroatoms. The van der Waals surface area contributed by atoms with Gasteiger partial charge in [0.05, 0.1) is 15.6 Å².